The van der Waals surface area contributed by atoms with Crippen molar-refractivity contribution in [2.75, 3.05) is 0 Å². The fourth-order valence-electron chi connectivity index (χ4n) is 1.21. The largest absolute Gasteiger partial charge is 0.478 e. The molecule has 2 rings (SSSR count). The first-order valence-electron chi connectivity index (χ1n) is 4.38. The molecule has 1 heterocycles. The van der Waals surface area contributed by atoms with Crippen LogP contribution in [0.15, 0.2) is 36.5 Å². The zero-order valence-corrected chi connectivity index (χ0v) is 7.79. The molecule has 0 aliphatic carbocycles. The average molecular weight is 200 g/mol. The summed E-state index contributed by atoms with van der Waals surface area (Å²) in [5.74, 6) is -0.995. The molecular formula is C11H8N2O2. The van der Waals surface area contributed by atoms with E-state index in [4.69, 9.17) is 5.11 Å². The lowest BCUT2D eigenvalue weighted by molar-refractivity contribution is -0.131. The van der Waals surface area contributed by atoms with Crippen LogP contribution in [0.2, 0.25) is 0 Å². The summed E-state index contributed by atoms with van der Waals surface area (Å²) in [5, 5.41) is 8.45. The van der Waals surface area contributed by atoms with Crippen LogP contribution in [0.4, 0.5) is 0 Å². The van der Waals surface area contributed by atoms with Crippen LogP contribution in [0.3, 0.4) is 0 Å². The van der Waals surface area contributed by atoms with Crippen LogP contribution in [0.1, 0.15) is 5.69 Å². The van der Waals surface area contributed by atoms with Gasteiger partial charge in [-0.15, -0.1) is 0 Å². The zero-order chi connectivity index (χ0) is 10.7. The van der Waals surface area contributed by atoms with Gasteiger partial charge in [-0.1, -0.05) is 12.1 Å². The van der Waals surface area contributed by atoms with E-state index in [1.165, 1.54) is 6.08 Å². The first-order valence-corrected chi connectivity index (χ1v) is 4.38. The molecule has 15 heavy (non-hydrogen) atoms. The number of rotatable bonds is 2. The summed E-state index contributed by atoms with van der Waals surface area (Å²) in [6.07, 6.45) is 4.00. The standard InChI is InChI=1S/C11H8N2O2/c14-11(15)6-5-8-7-12-9-3-1-2-4-10(9)13-8/h1-7H,(H,14,15)/b6-5+. The minimum absolute atomic E-state index is 0.538. The number of aromatic nitrogens is 2. The monoisotopic (exact) mass is 200 g/mol. The SMILES string of the molecule is O=C(O)/C=C/c1cnc2ccccc2n1. The minimum Gasteiger partial charge on any atom is -0.478 e. The first-order chi connectivity index (χ1) is 7.25. The van der Waals surface area contributed by atoms with Gasteiger partial charge in [0, 0.05) is 6.08 Å². The van der Waals surface area contributed by atoms with Gasteiger partial charge in [0.2, 0.25) is 0 Å². The molecule has 0 amide bonds. The van der Waals surface area contributed by atoms with Gasteiger partial charge in [-0.3, -0.25) is 4.98 Å². The number of hydrogen-bond acceptors (Lipinski definition) is 3. The summed E-state index contributed by atoms with van der Waals surface area (Å²) < 4.78 is 0. The van der Waals surface area contributed by atoms with Crippen molar-refractivity contribution < 1.29 is 9.90 Å². The third kappa shape index (κ3) is 2.17. The Morgan fingerprint density at radius 1 is 1.27 bits per heavy atom. The molecule has 0 radical (unpaired) electrons. The van der Waals surface area contributed by atoms with Crippen molar-refractivity contribution >= 4 is 23.1 Å². The smallest absolute Gasteiger partial charge is 0.328 e. The predicted octanol–water partition coefficient (Wildman–Crippen LogP) is 1.73. The van der Waals surface area contributed by atoms with Crippen LogP contribution in [0.5, 0.6) is 0 Å². The van der Waals surface area contributed by atoms with Crippen molar-refractivity contribution in [3.05, 3.63) is 42.2 Å². The van der Waals surface area contributed by atoms with E-state index in [1.54, 1.807) is 6.20 Å². The van der Waals surface area contributed by atoms with Crippen molar-refractivity contribution in [1.82, 2.24) is 9.97 Å². The number of fused-ring (bicyclic) bond motifs is 1. The zero-order valence-electron chi connectivity index (χ0n) is 7.79. The molecule has 1 aromatic heterocycles. The molecule has 0 saturated carbocycles. The summed E-state index contributed by atoms with van der Waals surface area (Å²) in [5.41, 5.74) is 2.09. The fourth-order valence-corrected chi connectivity index (χ4v) is 1.21. The van der Waals surface area contributed by atoms with Crippen molar-refractivity contribution in [3.63, 3.8) is 0 Å². The average Bonchev–Trinajstić information content (AvgIpc) is 2.26. The first kappa shape index (κ1) is 9.33. The van der Waals surface area contributed by atoms with Crippen LogP contribution in [0.25, 0.3) is 17.1 Å². The Hall–Kier alpha value is -2.23. The third-order valence-corrected chi connectivity index (χ3v) is 1.86. The molecule has 1 N–H and O–H groups in total. The van der Waals surface area contributed by atoms with Crippen LogP contribution in [-0.2, 0) is 4.79 Å². The number of hydrogen-bond donors (Lipinski definition) is 1. The Morgan fingerprint density at radius 3 is 2.73 bits per heavy atom. The van der Waals surface area contributed by atoms with Gasteiger partial charge in [0.1, 0.15) is 0 Å². The second-order valence-electron chi connectivity index (χ2n) is 2.96. The highest BCUT2D eigenvalue weighted by molar-refractivity contribution is 5.85. The van der Waals surface area contributed by atoms with Gasteiger partial charge >= 0.3 is 5.97 Å². The van der Waals surface area contributed by atoms with Crippen LogP contribution in [0, 0.1) is 0 Å². The molecule has 74 valence electrons. The lowest BCUT2D eigenvalue weighted by Gasteiger charge is -1.96. The Balaban J connectivity index is 2.43. The normalized spacial score (nSPS) is 10.9. The predicted molar refractivity (Wildman–Crippen MR) is 56.2 cm³/mol. The van der Waals surface area contributed by atoms with Gasteiger partial charge in [-0.2, -0.15) is 0 Å². The molecule has 4 nitrogen and oxygen atoms in total. The number of benzene rings is 1. The molecule has 0 unspecified atom stereocenters. The van der Waals surface area contributed by atoms with E-state index in [2.05, 4.69) is 9.97 Å². The van der Waals surface area contributed by atoms with E-state index >= 15 is 0 Å². The van der Waals surface area contributed by atoms with Crippen molar-refractivity contribution in [1.29, 1.82) is 0 Å². The van der Waals surface area contributed by atoms with Crippen molar-refractivity contribution in [2.24, 2.45) is 0 Å². The van der Waals surface area contributed by atoms with Crippen LogP contribution in [-0.4, -0.2) is 21.0 Å². The summed E-state index contributed by atoms with van der Waals surface area (Å²) >= 11 is 0. The lowest BCUT2D eigenvalue weighted by atomic mass is 10.3. The van der Waals surface area contributed by atoms with Gasteiger partial charge < -0.3 is 5.11 Å². The molecule has 0 fully saturated rings. The van der Waals surface area contributed by atoms with Gasteiger partial charge in [0.25, 0.3) is 0 Å². The molecule has 1 aromatic carbocycles. The number of carboxylic acid groups (broad SMARTS) is 1. The quantitative estimate of drug-likeness (QED) is 0.750. The molecule has 0 aliphatic heterocycles. The Morgan fingerprint density at radius 2 is 2.00 bits per heavy atom. The number of nitrogens with zero attached hydrogens (tertiary/aromatic N) is 2. The van der Waals surface area contributed by atoms with Gasteiger partial charge in [0.05, 0.1) is 22.9 Å². The second kappa shape index (κ2) is 3.88. The molecular weight excluding hydrogens is 192 g/mol. The van der Waals surface area contributed by atoms with Gasteiger partial charge in [0.15, 0.2) is 0 Å². The minimum atomic E-state index is -0.995. The van der Waals surface area contributed by atoms with Gasteiger partial charge in [-0.05, 0) is 18.2 Å². The van der Waals surface area contributed by atoms with E-state index < -0.39 is 5.97 Å². The lowest BCUT2D eigenvalue weighted by Crippen LogP contribution is -1.89. The molecule has 0 atom stereocenters. The number of carbonyl (C=O) groups is 1. The van der Waals surface area contributed by atoms with E-state index in [1.807, 2.05) is 24.3 Å². The maximum absolute atomic E-state index is 10.3. The number of aliphatic carboxylic acids is 1. The maximum atomic E-state index is 10.3. The molecule has 0 aliphatic rings. The van der Waals surface area contributed by atoms with Gasteiger partial charge in [-0.25, -0.2) is 9.78 Å². The van der Waals surface area contributed by atoms with E-state index in [9.17, 15) is 4.79 Å². The third-order valence-electron chi connectivity index (χ3n) is 1.86. The Kier molecular flexibility index (Phi) is 2.41. The summed E-state index contributed by atoms with van der Waals surface area (Å²) in [6.45, 7) is 0. The Labute approximate surface area is 85.9 Å². The Bertz CT molecular complexity index is 535. The van der Waals surface area contributed by atoms with E-state index in [-0.39, 0.29) is 0 Å². The van der Waals surface area contributed by atoms with Crippen LogP contribution >= 0.6 is 0 Å². The number of para-hydroxylation sites is 2. The van der Waals surface area contributed by atoms with Crippen molar-refractivity contribution in [3.8, 4) is 0 Å². The number of carboxylic acids is 1. The van der Waals surface area contributed by atoms with Crippen LogP contribution < -0.4 is 0 Å². The molecule has 0 spiro atoms. The van der Waals surface area contributed by atoms with E-state index in [0.717, 1.165) is 17.1 Å². The van der Waals surface area contributed by atoms with E-state index in [0.29, 0.717) is 5.69 Å². The molecule has 0 saturated heterocycles. The molecule has 2 aromatic rings. The highest BCUT2D eigenvalue weighted by Gasteiger charge is 1.96. The maximum Gasteiger partial charge on any atom is 0.328 e. The second-order valence-corrected chi connectivity index (χ2v) is 2.96. The summed E-state index contributed by atoms with van der Waals surface area (Å²) in [4.78, 5) is 18.7. The fraction of sp³-hybridized carbons (Fsp3) is 0. The van der Waals surface area contributed by atoms with Crippen molar-refractivity contribution in [2.45, 2.75) is 0 Å². The summed E-state index contributed by atoms with van der Waals surface area (Å²) in [6, 6.07) is 7.43. The summed E-state index contributed by atoms with van der Waals surface area (Å²) in [7, 11) is 0. The molecule has 4 heteroatoms. The highest BCUT2D eigenvalue weighted by atomic mass is 16.4. The highest BCUT2D eigenvalue weighted by Crippen LogP contribution is 2.08. The molecule has 0 bridgehead atoms. The topological polar surface area (TPSA) is 63.1 Å².